The van der Waals surface area contributed by atoms with Gasteiger partial charge in [0.05, 0.1) is 10.3 Å². The molecule has 1 unspecified atom stereocenters. The van der Waals surface area contributed by atoms with Crippen molar-refractivity contribution in [3.05, 3.63) is 40.7 Å². The monoisotopic (exact) mass is 287 g/mol. The normalized spacial score (nSPS) is 18.1. The van der Waals surface area contributed by atoms with E-state index in [1.54, 1.807) is 23.2 Å². The lowest BCUT2D eigenvalue weighted by atomic mass is 10.1. The van der Waals surface area contributed by atoms with Gasteiger partial charge in [0.15, 0.2) is 0 Å². The van der Waals surface area contributed by atoms with Crippen LogP contribution < -0.4 is 4.90 Å². The Kier molecular flexibility index (Phi) is 3.17. The molecule has 2 aromatic rings. The van der Waals surface area contributed by atoms with Gasteiger partial charge in [-0.3, -0.25) is 15.1 Å². The van der Waals surface area contributed by atoms with Crippen molar-refractivity contribution in [3.63, 3.8) is 0 Å². The van der Waals surface area contributed by atoms with E-state index in [-0.39, 0.29) is 5.69 Å². The molecule has 0 aliphatic carbocycles. The van der Waals surface area contributed by atoms with E-state index in [9.17, 15) is 20.0 Å². The molecule has 0 amide bonds. The highest BCUT2D eigenvalue weighted by Crippen LogP contribution is 2.36. The molecule has 1 atom stereocenters. The smallest absolute Gasteiger partial charge is 0.326 e. The molecule has 7 nitrogen and oxygen atoms in total. The lowest BCUT2D eigenvalue weighted by Gasteiger charge is -2.24. The number of fused-ring (bicyclic) bond motifs is 1. The van der Waals surface area contributed by atoms with Crippen molar-refractivity contribution < 1.29 is 14.8 Å². The molecule has 1 fully saturated rings. The number of hydrogen-bond donors (Lipinski definition) is 1. The van der Waals surface area contributed by atoms with Gasteiger partial charge < -0.3 is 10.0 Å². The van der Waals surface area contributed by atoms with Crippen molar-refractivity contribution in [2.75, 3.05) is 11.4 Å². The number of non-ortho nitro benzene ring substituents is 1. The van der Waals surface area contributed by atoms with Crippen molar-refractivity contribution in [1.29, 1.82) is 0 Å². The van der Waals surface area contributed by atoms with Gasteiger partial charge in [-0.2, -0.15) is 0 Å². The Hall–Kier alpha value is -2.70. The summed E-state index contributed by atoms with van der Waals surface area (Å²) in [6.07, 6.45) is 4.41. The number of rotatable bonds is 3. The van der Waals surface area contributed by atoms with E-state index in [0.717, 1.165) is 6.42 Å². The Morgan fingerprint density at radius 2 is 2.19 bits per heavy atom. The molecular formula is C14H13N3O4. The number of aliphatic carboxylic acids is 1. The molecule has 21 heavy (non-hydrogen) atoms. The van der Waals surface area contributed by atoms with Crippen LogP contribution in [0.1, 0.15) is 12.8 Å². The first-order valence-electron chi connectivity index (χ1n) is 6.60. The second-order valence-electron chi connectivity index (χ2n) is 4.97. The number of anilines is 1. The van der Waals surface area contributed by atoms with Crippen molar-refractivity contribution in [1.82, 2.24) is 4.98 Å². The van der Waals surface area contributed by atoms with Crippen molar-refractivity contribution in [2.24, 2.45) is 0 Å². The predicted molar refractivity (Wildman–Crippen MR) is 76.4 cm³/mol. The minimum absolute atomic E-state index is 0.00206. The molecule has 108 valence electrons. The van der Waals surface area contributed by atoms with Gasteiger partial charge >= 0.3 is 5.97 Å². The lowest BCUT2D eigenvalue weighted by Crippen LogP contribution is -2.36. The van der Waals surface area contributed by atoms with Crippen molar-refractivity contribution in [2.45, 2.75) is 18.9 Å². The second kappa shape index (κ2) is 5.01. The zero-order valence-corrected chi connectivity index (χ0v) is 11.1. The van der Waals surface area contributed by atoms with Crippen molar-refractivity contribution >= 4 is 28.1 Å². The Morgan fingerprint density at radius 1 is 1.38 bits per heavy atom. The molecular weight excluding hydrogens is 274 g/mol. The standard InChI is InChI=1S/C14H13N3O4/c18-14(19)13-2-1-7-16(13)11-3-4-12(17(20)21)9-5-6-15-8-10(9)11/h3-6,8,13H,1-2,7H2,(H,18,19). The molecule has 2 heterocycles. The van der Waals surface area contributed by atoms with Crippen LogP contribution in [0.25, 0.3) is 10.8 Å². The topological polar surface area (TPSA) is 96.6 Å². The highest BCUT2D eigenvalue weighted by molar-refractivity contribution is 6.00. The lowest BCUT2D eigenvalue weighted by molar-refractivity contribution is -0.383. The number of benzene rings is 1. The van der Waals surface area contributed by atoms with Gasteiger partial charge in [0.25, 0.3) is 5.69 Å². The number of carboxylic acids is 1. The molecule has 0 saturated carbocycles. The van der Waals surface area contributed by atoms with E-state index < -0.39 is 16.9 Å². The Morgan fingerprint density at radius 3 is 2.90 bits per heavy atom. The van der Waals surface area contributed by atoms with Crippen LogP contribution in [0.4, 0.5) is 11.4 Å². The molecule has 1 aliphatic rings. The second-order valence-corrected chi connectivity index (χ2v) is 4.97. The Balaban J connectivity index is 2.18. The highest BCUT2D eigenvalue weighted by Gasteiger charge is 2.32. The molecule has 1 saturated heterocycles. The molecule has 1 N–H and O–H groups in total. The van der Waals surface area contributed by atoms with Crippen LogP contribution in [-0.2, 0) is 4.79 Å². The molecule has 0 radical (unpaired) electrons. The minimum Gasteiger partial charge on any atom is -0.480 e. The largest absolute Gasteiger partial charge is 0.480 e. The summed E-state index contributed by atoms with van der Waals surface area (Å²) >= 11 is 0. The Labute approximate surface area is 120 Å². The number of aromatic nitrogens is 1. The van der Waals surface area contributed by atoms with Gasteiger partial charge in [-0.05, 0) is 25.0 Å². The first-order valence-corrected chi connectivity index (χ1v) is 6.60. The zero-order chi connectivity index (χ0) is 15.0. The summed E-state index contributed by atoms with van der Waals surface area (Å²) in [5.74, 6) is -0.872. The van der Waals surface area contributed by atoms with Gasteiger partial charge in [0.1, 0.15) is 6.04 Å². The summed E-state index contributed by atoms with van der Waals surface area (Å²) in [7, 11) is 0. The Bertz CT molecular complexity index is 731. The van der Waals surface area contributed by atoms with E-state index in [1.807, 2.05) is 0 Å². The van der Waals surface area contributed by atoms with Crippen LogP contribution in [0.5, 0.6) is 0 Å². The SMILES string of the molecule is O=C(O)C1CCCN1c1ccc([N+](=O)[O-])c2ccncc12. The van der Waals surface area contributed by atoms with Gasteiger partial charge in [-0.25, -0.2) is 4.79 Å². The quantitative estimate of drug-likeness (QED) is 0.686. The van der Waals surface area contributed by atoms with E-state index in [2.05, 4.69) is 4.98 Å². The minimum atomic E-state index is -0.872. The van der Waals surface area contributed by atoms with E-state index >= 15 is 0 Å². The van der Waals surface area contributed by atoms with Crippen LogP contribution in [0.15, 0.2) is 30.6 Å². The highest BCUT2D eigenvalue weighted by atomic mass is 16.6. The number of carboxylic acid groups (broad SMARTS) is 1. The fourth-order valence-electron chi connectivity index (χ4n) is 2.88. The average Bonchev–Trinajstić information content (AvgIpc) is 2.95. The van der Waals surface area contributed by atoms with Gasteiger partial charge in [-0.1, -0.05) is 0 Å². The average molecular weight is 287 g/mol. The van der Waals surface area contributed by atoms with Crippen LogP contribution in [0.2, 0.25) is 0 Å². The maximum Gasteiger partial charge on any atom is 0.326 e. The fraction of sp³-hybridized carbons (Fsp3) is 0.286. The number of nitro groups is 1. The predicted octanol–water partition coefficient (Wildman–Crippen LogP) is 2.20. The van der Waals surface area contributed by atoms with Crippen LogP contribution >= 0.6 is 0 Å². The van der Waals surface area contributed by atoms with Crippen LogP contribution in [0, 0.1) is 10.1 Å². The summed E-state index contributed by atoms with van der Waals surface area (Å²) in [5, 5.41) is 21.5. The number of carbonyl (C=O) groups is 1. The van der Waals surface area contributed by atoms with Crippen molar-refractivity contribution in [3.8, 4) is 0 Å². The number of nitrogens with zero attached hydrogens (tertiary/aromatic N) is 3. The maximum atomic E-state index is 11.3. The van der Waals surface area contributed by atoms with Gasteiger partial charge in [0, 0.05) is 36.1 Å². The van der Waals surface area contributed by atoms with E-state index in [0.29, 0.717) is 29.4 Å². The molecule has 1 aliphatic heterocycles. The molecule has 7 heteroatoms. The maximum absolute atomic E-state index is 11.3. The summed E-state index contributed by atoms with van der Waals surface area (Å²) < 4.78 is 0. The summed E-state index contributed by atoms with van der Waals surface area (Å²) in [4.78, 5) is 27.8. The molecule has 0 bridgehead atoms. The van der Waals surface area contributed by atoms with Crippen LogP contribution in [0.3, 0.4) is 0 Å². The van der Waals surface area contributed by atoms with Gasteiger partial charge in [-0.15, -0.1) is 0 Å². The number of hydrogen-bond acceptors (Lipinski definition) is 5. The third-order valence-corrected chi connectivity index (χ3v) is 3.82. The molecule has 1 aromatic carbocycles. The molecule has 3 rings (SSSR count). The summed E-state index contributed by atoms with van der Waals surface area (Å²) in [5.41, 5.74) is 0.691. The third-order valence-electron chi connectivity index (χ3n) is 3.82. The molecule has 0 spiro atoms. The fourth-order valence-corrected chi connectivity index (χ4v) is 2.88. The zero-order valence-electron chi connectivity index (χ0n) is 11.1. The molecule has 1 aromatic heterocycles. The first kappa shape index (κ1) is 13.3. The third kappa shape index (κ3) is 2.16. The summed E-state index contributed by atoms with van der Waals surface area (Å²) in [6.45, 7) is 0.624. The number of nitro benzene ring substituents is 1. The first-order chi connectivity index (χ1) is 10.1. The van der Waals surface area contributed by atoms with E-state index in [1.165, 1.54) is 12.3 Å². The van der Waals surface area contributed by atoms with E-state index in [4.69, 9.17) is 0 Å². The van der Waals surface area contributed by atoms with Gasteiger partial charge in [0.2, 0.25) is 0 Å². The summed E-state index contributed by atoms with van der Waals surface area (Å²) in [6, 6.07) is 4.04. The number of pyridine rings is 1. The van der Waals surface area contributed by atoms with Crippen LogP contribution in [-0.4, -0.2) is 33.6 Å².